The number of para-hydroxylation sites is 1. The number of carbonyl (C=O) groups is 1. The lowest BCUT2D eigenvalue weighted by Crippen LogP contribution is -2.37. The molecule has 0 saturated carbocycles. The summed E-state index contributed by atoms with van der Waals surface area (Å²) in [5.74, 6) is 0.927. The first kappa shape index (κ1) is 16.4. The number of hydrogen-bond acceptors (Lipinski definition) is 5. The molecule has 3 heterocycles. The highest BCUT2D eigenvalue weighted by atomic mass is 16.5. The molecule has 0 bridgehead atoms. The molecule has 0 N–H and O–H groups in total. The molecule has 0 atom stereocenters. The van der Waals surface area contributed by atoms with Gasteiger partial charge in [-0.3, -0.25) is 4.79 Å². The Morgan fingerprint density at radius 1 is 1.23 bits per heavy atom. The Bertz CT molecular complexity index is 996. The van der Waals surface area contributed by atoms with Crippen molar-refractivity contribution in [2.75, 3.05) is 20.8 Å². The van der Waals surface area contributed by atoms with Gasteiger partial charge in [0, 0.05) is 37.3 Å². The first-order chi connectivity index (χ1) is 12.6. The van der Waals surface area contributed by atoms with E-state index in [0.29, 0.717) is 30.2 Å². The minimum Gasteiger partial charge on any atom is -0.493 e. The van der Waals surface area contributed by atoms with Crippen LogP contribution in [0.15, 0.2) is 30.5 Å². The maximum Gasteiger partial charge on any atom is 0.258 e. The molecule has 134 valence electrons. The molecule has 1 amide bonds. The third-order valence-electron chi connectivity index (χ3n) is 4.69. The highest BCUT2D eigenvalue weighted by molar-refractivity contribution is 5.98. The van der Waals surface area contributed by atoms with Crippen molar-refractivity contribution in [3.05, 3.63) is 53.0 Å². The molecule has 7 heteroatoms. The lowest BCUT2D eigenvalue weighted by molar-refractivity contribution is 0.0728. The highest BCUT2D eigenvalue weighted by Crippen LogP contribution is 2.32. The van der Waals surface area contributed by atoms with Gasteiger partial charge in [-0.25, -0.2) is 9.50 Å². The van der Waals surface area contributed by atoms with Gasteiger partial charge >= 0.3 is 0 Å². The Balaban J connectivity index is 1.67. The molecule has 4 rings (SSSR count). The topological polar surface area (TPSA) is 69.0 Å². The Hall–Kier alpha value is -3.09. The lowest BCUT2D eigenvalue weighted by atomic mass is 10.1. The number of aryl methyl sites for hydroxylation is 1. The van der Waals surface area contributed by atoms with E-state index in [4.69, 9.17) is 9.47 Å². The summed E-state index contributed by atoms with van der Waals surface area (Å²) < 4.78 is 12.6. The first-order valence-corrected chi connectivity index (χ1v) is 8.45. The zero-order valence-electron chi connectivity index (χ0n) is 15.0. The molecule has 1 aliphatic heterocycles. The molecule has 0 unspecified atom stereocenters. The molecule has 0 radical (unpaired) electrons. The normalized spacial score (nSPS) is 13.6. The zero-order chi connectivity index (χ0) is 18.3. The third-order valence-corrected chi connectivity index (χ3v) is 4.69. The molecule has 26 heavy (non-hydrogen) atoms. The van der Waals surface area contributed by atoms with Gasteiger partial charge in [-0.1, -0.05) is 6.07 Å². The summed E-state index contributed by atoms with van der Waals surface area (Å²) in [6, 6.07) is 7.29. The van der Waals surface area contributed by atoms with Crippen molar-refractivity contribution in [2.45, 2.75) is 19.9 Å². The van der Waals surface area contributed by atoms with Crippen LogP contribution >= 0.6 is 0 Å². The third kappa shape index (κ3) is 2.56. The maximum atomic E-state index is 13.1. The molecule has 1 aromatic carbocycles. The fourth-order valence-corrected chi connectivity index (χ4v) is 3.45. The number of methoxy groups -OCH3 is 2. The van der Waals surface area contributed by atoms with Crippen LogP contribution < -0.4 is 9.47 Å². The van der Waals surface area contributed by atoms with Crippen molar-refractivity contribution in [1.82, 2.24) is 19.5 Å². The number of aromatic nitrogens is 3. The molecular weight excluding hydrogens is 332 g/mol. The second kappa shape index (κ2) is 6.33. The fourth-order valence-electron chi connectivity index (χ4n) is 3.45. The summed E-state index contributed by atoms with van der Waals surface area (Å²) in [5.41, 5.74) is 4.41. The van der Waals surface area contributed by atoms with E-state index in [2.05, 4.69) is 10.1 Å². The van der Waals surface area contributed by atoms with E-state index in [1.165, 1.54) is 0 Å². The number of carbonyl (C=O) groups excluding carboxylic acids is 1. The van der Waals surface area contributed by atoms with Crippen molar-refractivity contribution in [3.63, 3.8) is 0 Å². The molecule has 3 aromatic rings. The summed E-state index contributed by atoms with van der Waals surface area (Å²) in [6.07, 6.45) is 2.57. The van der Waals surface area contributed by atoms with Crippen LogP contribution in [0.3, 0.4) is 0 Å². The van der Waals surface area contributed by atoms with Crippen LogP contribution in [0.5, 0.6) is 11.5 Å². The van der Waals surface area contributed by atoms with E-state index < -0.39 is 0 Å². The van der Waals surface area contributed by atoms with Crippen molar-refractivity contribution in [2.24, 2.45) is 0 Å². The maximum absolute atomic E-state index is 13.1. The summed E-state index contributed by atoms with van der Waals surface area (Å²) in [7, 11) is 3.10. The minimum absolute atomic E-state index is 0.0804. The van der Waals surface area contributed by atoms with Gasteiger partial charge in [0.05, 0.1) is 31.2 Å². The zero-order valence-corrected chi connectivity index (χ0v) is 15.0. The van der Waals surface area contributed by atoms with Gasteiger partial charge < -0.3 is 14.4 Å². The van der Waals surface area contributed by atoms with E-state index in [1.807, 2.05) is 28.6 Å². The SMILES string of the molecule is COc1cccc(C(=O)N2CCc3c(cnc4cc(C)nn34)C2)c1OC. The Morgan fingerprint density at radius 3 is 2.85 bits per heavy atom. The van der Waals surface area contributed by atoms with E-state index in [1.54, 1.807) is 32.4 Å². The van der Waals surface area contributed by atoms with Crippen LogP contribution in [0, 0.1) is 6.92 Å². The molecule has 2 aromatic heterocycles. The van der Waals surface area contributed by atoms with Gasteiger partial charge in [0.2, 0.25) is 0 Å². The summed E-state index contributed by atoms with van der Waals surface area (Å²) in [4.78, 5) is 19.3. The highest BCUT2D eigenvalue weighted by Gasteiger charge is 2.27. The average molecular weight is 352 g/mol. The molecule has 0 saturated heterocycles. The second-order valence-electron chi connectivity index (χ2n) is 6.30. The van der Waals surface area contributed by atoms with Crippen LogP contribution in [0.1, 0.15) is 27.3 Å². The number of rotatable bonds is 3. The van der Waals surface area contributed by atoms with Crippen LogP contribution in [-0.2, 0) is 13.0 Å². The predicted octanol–water partition coefficient (Wildman–Crippen LogP) is 2.25. The van der Waals surface area contributed by atoms with Gasteiger partial charge in [-0.15, -0.1) is 0 Å². The monoisotopic (exact) mass is 352 g/mol. The smallest absolute Gasteiger partial charge is 0.258 e. The second-order valence-corrected chi connectivity index (χ2v) is 6.30. The molecule has 0 aliphatic carbocycles. The Kier molecular flexibility index (Phi) is 3.99. The van der Waals surface area contributed by atoms with Crippen molar-refractivity contribution in [1.29, 1.82) is 0 Å². The van der Waals surface area contributed by atoms with E-state index in [0.717, 1.165) is 29.0 Å². The quantitative estimate of drug-likeness (QED) is 0.723. The molecular formula is C19H20N4O3. The van der Waals surface area contributed by atoms with Crippen LogP contribution in [0.25, 0.3) is 5.65 Å². The first-order valence-electron chi connectivity index (χ1n) is 8.45. The van der Waals surface area contributed by atoms with E-state index >= 15 is 0 Å². The molecule has 7 nitrogen and oxygen atoms in total. The number of ether oxygens (including phenoxy) is 2. The van der Waals surface area contributed by atoms with Crippen molar-refractivity contribution in [3.8, 4) is 11.5 Å². The number of hydrogen-bond donors (Lipinski definition) is 0. The number of nitrogens with zero attached hydrogens (tertiary/aromatic N) is 4. The summed E-state index contributed by atoms with van der Waals surface area (Å²) >= 11 is 0. The average Bonchev–Trinajstić information content (AvgIpc) is 3.06. The number of amides is 1. The number of benzene rings is 1. The molecule has 0 spiro atoms. The van der Waals surface area contributed by atoms with Gasteiger partial charge in [-0.2, -0.15) is 5.10 Å². The van der Waals surface area contributed by atoms with Crippen LogP contribution in [0.4, 0.5) is 0 Å². The Labute approximate surface area is 151 Å². The van der Waals surface area contributed by atoms with Gasteiger partial charge in [0.1, 0.15) is 0 Å². The van der Waals surface area contributed by atoms with Gasteiger partial charge in [-0.05, 0) is 19.1 Å². The molecule has 1 aliphatic rings. The molecule has 0 fully saturated rings. The van der Waals surface area contributed by atoms with Crippen LogP contribution in [0.2, 0.25) is 0 Å². The summed E-state index contributed by atoms with van der Waals surface area (Å²) in [5, 5.41) is 4.52. The Morgan fingerprint density at radius 2 is 2.08 bits per heavy atom. The summed E-state index contributed by atoms with van der Waals surface area (Å²) in [6.45, 7) is 3.06. The van der Waals surface area contributed by atoms with E-state index in [-0.39, 0.29) is 5.91 Å². The largest absolute Gasteiger partial charge is 0.493 e. The standard InChI is InChI=1S/C19H20N4O3/c1-12-9-17-20-10-13-11-22(8-7-15(13)23(17)21-12)19(24)14-5-4-6-16(25-2)18(14)26-3/h4-6,9-10H,7-8,11H2,1-3H3. The van der Waals surface area contributed by atoms with Crippen molar-refractivity contribution < 1.29 is 14.3 Å². The predicted molar refractivity (Wildman–Crippen MR) is 95.7 cm³/mol. The number of fused-ring (bicyclic) bond motifs is 3. The fraction of sp³-hybridized carbons (Fsp3) is 0.316. The minimum atomic E-state index is -0.0804. The lowest BCUT2D eigenvalue weighted by Gasteiger charge is -2.29. The van der Waals surface area contributed by atoms with Crippen molar-refractivity contribution >= 4 is 11.6 Å². The van der Waals surface area contributed by atoms with E-state index in [9.17, 15) is 4.79 Å². The van der Waals surface area contributed by atoms with Gasteiger partial charge in [0.15, 0.2) is 17.1 Å². The van der Waals surface area contributed by atoms with Gasteiger partial charge in [0.25, 0.3) is 5.91 Å². The van der Waals surface area contributed by atoms with Crippen LogP contribution in [-0.4, -0.2) is 46.2 Å².